The maximum atomic E-state index is 12.2. The fourth-order valence-corrected chi connectivity index (χ4v) is 1.40. The summed E-state index contributed by atoms with van der Waals surface area (Å²) in [7, 11) is 0. The number of carbonyl (C=O) groups is 1. The predicted octanol–water partition coefficient (Wildman–Crippen LogP) is 1.54. The zero-order valence-corrected chi connectivity index (χ0v) is 7.04. The van der Waals surface area contributed by atoms with E-state index in [0.717, 1.165) is 0 Å². The van der Waals surface area contributed by atoms with Gasteiger partial charge in [0.15, 0.2) is 5.41 Å². The van der Waals surface area contributed by atoms with Gasteiger partial charge in [-0.1, -0.05) is 0 Å². The van der Waals surface area contributed by atoms with Gasteiger partial charge in [-0.25, -0.2) is 4.79 Å². The lowest BCUT2D eigenvalue weighted by Crippen LogP contribution is -2.46. The molecule has 0 bridgehead atoms. The molecule has 3 nitrogen and oxygen atoms in total. The molecular formula is C6H6F6N2O. The fourth-order valence-electron chi connectivity index (χ4n) is 1.40. The fraction of sp³-hybridized carbons (Fsp3) is 0.833. The van der Waals surface area contributed by atoms with Crippen LogP contribution in [0.5, 0.6) is 0 Å². The highest BCUT2D eigenvalue weighted by Gasteiger charge is 2.84. The summed E-state index contributed by atoms with van der Waals surface area (Å²) in [5.41, 5.74) is 0.618. The Morgan fingerprint density at radius 2 is 1.60 bits per heavy atom. The monoisotopic (exact) mass is 236 g/mol. The molecule has 3 N–H and O–H groups in total. The van der Waals surface area contributed by atoms with E-state index in [0.29, 0.717) is 0 Å². The number of halogens is 6. The summed E-state index contributed by atoms with van der Waals surface area (Å²) in [5, 5.41) is 1.42. The normalized spacial score (nSPS) is 24.8. The summed E-state index contributed by atoms with van der Waals surface area (Å²) >= 11 is 0. The van der Waals surface area contributed by atoms with Crippen LogP contribution < -0.4 is 11.1 Å². The van der Waals surface area contributed by atoms with Gasteiger partial charge in [-0.05, 0) is 6.42 Å². The van der Waals surface area contributed by atoms with Gasteiger partial charge in [0.25, 0.3) is 0 Å². The number of nitrogens with two attached hydrogens (primary N) is 1. The topological polar surface area (TPSA) is 55.1 Å². The summed E-state index contributed by atoms with van der Waals surface area (Å²) in [5.74, 6) is 0. The quantitative estimate of drug-likeness (QED) is 0.666. The summed E-state index contributed by atoms with van der Waals surface area (Å²) in [6.07, 6.45) is -12.1. The van der Waals surface area contributed by atoms with Crippen molar-refractivity contribution in [2.75, 3.05) is 0 Å². The number of hydrogen-bond acceptors (Lipinski definition) is 1. The van der Waals surface area contributed by atoms with Crippen LogP contribution in [0.4, 0.5) is 31.1 Å². The molecule has 1 unspecified atom stereocenters. The molecule has 9 heteroatoms. The lowest BCUT2D eigenvalue weighted by molar-refractivity contribution is -0.302. The Morgan fingerprint density at radius 3 is 1.80 bits per heavy atom. The van der Waals surface area contributed by atoms with E-state index in [1.54, 1.807) is 0 Å². The van der Waals surface area contributed by atoms with Crippen molar-refractivity contribution >= 4 is 6.03 Å². The number of primary amides is 1. The second kappa shape index (κ2) is 2.92. The standard InChI is InChI=1S/C6H6F6N2O/c7-5(8,9)4(6(10,11)12)1-2(4)14-3(13)15/h2H,1H2,(H3,13,14,15). The summed E-state index contributed by atoms with van der Waals surface area (Å²) < 4.78 is 73.1. The minimum absolute atomic E-state index is 1.22. The smallest absolute Gasteiger partial charge is 0.352 e. The second-order valence-electron chi connectivity index (χ2n) is 3.23. The van der Waals surface area contributed by atoms with Crippen molar-refractivity contribution in [3.05, 3.63) is 0 Å². The molecule has 0 aromatic carbocycles. The van der Waals surface area contributed by atoms with E-state index in [9.17, 15) is 31.1 Å². The van der Waals surface area contributed by atoms with Gasteiger partial charge in [0.05, 0.1) is 6.04 Å². The number of urea groups is 1. The molecule has 0 radical (unpaired) electrons. The molecule has 0 spiro atoms. The van der Waals surface area contributed by atoms with Crippen LogP contribution in [-0.4, -0.2) is 24.4 Å². The molecule has 2 amide bonds. The predicted molar refractivity (Wildman–Crippen MR) is 35.7 cm³/mol. The van der Waals surface area contributed by atoms with E-state index >= 15 is 0 Å². The third-order valence-electron chi connectivity index (χ3n) is 2.29. The Kier molecular flexibility index (Phi) is 2.32. The number of nitrogens with one attached hydrogen (secondary N) is 1. The molecule has 1 saturated carbocycles. The second-order valence-corrected chi connectivity index (χ2v) is 3.23. The summed E-state index contributed by atoms with van der Waals surface area (Å²) in [6.45, 7) is 0. The maximum absolute atomic E-state index is 12.2. The van der Waals surface area contributed by atoms with E-state index < -0.39 is 36.3 Å². The first-order valence-corrected chi connectivity index (χ1v) is 3.72. The highest BCUT2D eigenvalue weighted by molar-refractivity contribution is 5.72. The van der Waals surface area contributed by atoms with Crippen molar-refractivity contribution in [1.29, 1.82) is 0 Å². The van der Waals surface area contributed by atoms with E-state index in [2.05, 4.69) is 5.73 Å². The maximum Gasteiger partial charge on any atom is 0.405 e. The Labute approximate surface area is 79.6 Å². The molecule has 15 heavy (non-hydrogen) atoms. The molecule has 1 atom stereocenters. The number of hydrogen-bond donors (Lipinski definition) is 2. The van der Waals surface area contributed by atoms with Crippen molar-refractivity contribution in [1.82, 2.24) is 5.32 Å². The first-order chi connectivity index (χ1) is 6.52. The Balaban J connectivity index is 2.92. The number of rotatable bonds is 1. The van der Waals surface area contributed by atoms with Crippen LogP contribution in [-0.2, 0) is 0 Å². The third-order valence-corrected chi connectivity index (χ3v) is 2.29. The van der Waals surface area contributed by atoms with Crippen LogP contribution in [0.15, 0.2) is 0 Å². The summed E-state index contributed by atoms with van der Waals surface area (Å²) in [4.78, 5) is 10.2. The van der Waals surface area contributed by atoms with Crippen LogP contribution in [0.3, 0.4) is 0 Å². The van der Waals surface area contributed by atoms with Gasteiger partial charge in [-0.2, -0.15) is 26.3 Å². The van der Waals surface area contributed by atoms with Gasteiger partial charge in [0.2, 0.25) is 0 Å². The highest BCUT2D eigenvalue weighted by atomic mass is 19.4. The Hall–Kier alpha value is -1.15. The molecule has 1 aliphatic rings. The van der Waals surface area contributed by atoms with Crippen LogP contribution in [0.1, 0.15) is 6.42 Å². The van der Waals surface area contributed by atoms with Crippen LogP contribution in [0.2, 0.25) is 0 Å². The van der Waals surface area contributed by atoms with Crippen molar-refractivity contribution in [2.24, 2.45) is 11.1 Å². The van der Waals surface area contributed by atoms with Gasteiger partial charge in [-0.15, -0.1) is 0 Å². The molecular weight excluding hydrogens is 230 g/mol. The SMILES string of the molecule is NC(=O)NC1CC1(C(F)(F)F)C(F)(F)F. The first kappa shape index (κ1) is 11.9. The zero-order valence-electron chi connectivity index (χ0n) is 7.04. The van der Waals surface area contributed by atoms with Crippen molar-refractivity contribution in [3.63, 3.8) is 0 Å². The average Bonchev–Trinajstić information content (AvgIpc) is 2.57. The molecule has 1 aliphatic carbocycles. The van der Waals surface area contributed by atoms with E-state index in [-0.39, 0.29) is 0 Å². The van der Waals surface area contributed by atoms with E-state index in [4.69, 9.17) is 0 Å². The minimum atomic E-state index is -5.45. The van der Waals surface area contributed by atoms with Crippen LogP contribution in [0.25, 0.3) is 0 Å². The molecule has 1 fully saturated rings. The Morgan fingerprint density at radius 1 is 1.20 bits per heavy atom. The number of alkyl halides is 6. The largest absolute Gasteiger partial charge is 0.405 e. The van der Waals surface area contributed by atoms with Crippen LogP contribution >= 0.6 is 0 Å². The van der Waals surface area contributed by atoms with Gasteiger partial charge in [0, 0.05) is 0 Å². The minimum Gasteiger partial charge on any atom is -0.352 e. The average molecular weight is 236 g/mol. The molecule has 0 saturated heterocycles. The van der Waals surface area contributed by atoms with Crippen molar-refractivity contribution in [3.8, 4) is 0 Å². The summed E-state index contributed by atoms with van der Waals surface area (Å²) in [6, 6.07) is -3.43. The number of amides is 2. The van der Waals surface area contributed by atoms with E-state index in [1.165, 1.54) is 5.32 Å². The molecule has 1 rings (SSSR count). The van der Waals surface area contributed by atoms with Gasteiger partial charge in [-0.3, -0.25) is 0 Å². The van der Waals surface area contributed by atoms with E-state index in [1.807, 2.05) is 0 Å². The molecule has 0 aromatic heterocycles. The van der Waals surface area contributed by atoms with Gasteiger partial charge in [0.1, 0.15) is 0 Å². The molecule has 0 heterocycles. The first-order valence-electron chi connectivity index (χ1n) is 3.72. The highest BCUT2D eigenvalue weighted by Crippen LogP contribution is 2.66. The van der Waals surface area contributed by atoms with Gasteiger partial charge < -0.3 is 11.1 Å². The zero-order chi connectivity index (χ0) is 12.1. The lowest BCUT2D eigenvalue weighted by Gasteiger charge is -2.23. The van der Waals surface area contributed by atoms with Gasteiger partial charge >= 0.3 is 18.4 Å². The molecule has 88 valence electrons. The number of carbonyl (C=O) groups excluding carboxylic acids is 1. The molecule has 0 aliphatic heterocycles. The third kappa shape index (κ3) is 1.70. The lowest BCUT2D eigenvalue weighted by atomic mass is 10.1. The van der Waals surface area contributed by atoms with Crippen molar-refractivity contribution in [2.45, 2.75) is 24.8 Å². The Bertz CT molecular complexity index is 268. The molecule has 0 aromatic rings. The van der Waals surface area contributed by atoms with Crippen LogP contribution in [0, 0.1) is 5.41 Å². The van der Waals surface area contributed by atoms with Crippen molar-refractivity contribution < 1.29 is 31.1 Å².